The van der Waals surface area contributed by atoms with Crippen molar-refractivity contribution in [2.24, 2.45) is 0 Å². The fourth-order valence-corrected chi connectivity index (χ4v) is 1.40. The fraction of sp³-hybridized carbons (Fsp3) is 0.750. The predicted molar refractivity (Wildman–Crippen MR) is 44.9 cm³/mol. The Hall–Kier alpha value is -0.940. The Kier molecular flexibility index (Phi) is 2.28. The third-order valence-corrected chi connectivity index (χ3v) is 2.23. The highest BCUT2D eigenvalue weighted by Crippen LogP contribution is 2.19. The van der Waals surface area contributed by atoms with Gasteiger partial charge in [0.15, 0.2) is 5.82 Å². The highest BCUT2D eigenvalue weighted by atomic mass is 16.5. The van der Waals surface area contributed by atoms with Crippen LogP contribution >= 0.6 is 0 Å². The van der Waals surface area contributed by atoms with Crippen LogP contribution in [-0.2, 0) is 6.54 Å². The standard InChI is InChI=1S/C8H13N3O2/c1-5-10-8(11-13-5)4-9-6-2-7(12)3-6/h6-7,9,12H,2-4H2,1H3. The van der Waals surface area contributed by atoms with Gasteiger partial charge >= 0.3 is 0 Å². The largest absolute Gasteiger partial charge is 0.393 e. The maximum absolute atomic E-state index is 9.03. The molecule has 1 fully saturated rings. The van der Waals surface area contributed by atoms with E-state index in [2.05, 4.69) is 15.5 Å². The van der Waals surface area contributed by atoms with Crippen molar-refractivity contribution in [3.8, 4) is 0 Å². The summed E-state index contributed by atoms with van der Waals surface area (Å²) in [7, 11) is 0. The Labute approximate surface area is 76.1 Å². The zero-order valence-corrected chi connectivity index (χ0v) is 7.53. The molecule has 5 nitrogen and oxygen atoms in total. The van der Waals surface area contributed by atoms with E-state index in [0.717, 1.165) is 12.8 Å². The van der Waals surface area contributed by atoms with Crippen LogP contribution in [0.1, 0.15) is 24.6 Å². The summed E-state index contributed by atoms with van der Waals surface area (Å²) in [5, 5.41) is 16.0. The second-order valence-electron chi connectivity index (χ2n) is 3.43. The smallest absolute Gasteiger partial charge is 0.223 e. The molecule has 1 aromatic rings. The van der Waals surface area contributed by atoms with Gasteiger partial charge in [0.05, 0.1) is 12.6 Å². The first-order valence-corrected chi connectivity index (χ1v) is 4.44. The summed E-state index contributed by atoms with van der Waals surface area (Å²) in [6.07, 6.45) is 1.54. The van der Waals surface area contributed by atoms with Gasteiger partial charge in [-0.05, 0) is 12.8 Å². The third-order valence-electron chi connectivity index (χ3n) is 2.23. The average Bonchev–Trinajstić information content (AvgIpc) is 2.43. The number of aryl methyl sites for hydroxylation is 1. The molecular weight excluding hydrogens is 170 g/mol. The van der Waals surface area contributed by atoms with Crippen LogP contribution in [0.3, 0.4) is 0 Å². The van der Waals surface area contributed by atoms with E-state index >= 15 is 0 Å². The van der Waals surface area contributed by atoms with E-state index in [1.807, 2.05) is 0 Å². The molecule has 2 rings (SSSR count). The minimum absolute atomic E-state index is 0.121. The van der Waals surface area contributed by atoms with Gasteiger partial charge in [0.25, 0.3) is 0 Å². The lowest BCUT2D eigenvalue weighted by molar-refractivity contribution is 0.0616. The minimum Gasteiger partial charge on any atom is -0.393 e. The van der Waals surface area contributed by atoms with E-state index in [9.17, 15) is 0 Å². The van der Waals surface area contributed by atoms with E-state index in [1.54, 1.807) is 6.92 Å². The lowest BCUT2D eigenvalue weighted by Crippen LogP contribution is -2.43. The molecule has 1 heterocycles. The van der Waals surface area contributed by atoms with E-state index in [4.69, 9.17) is 9.63 Å². The number of nitrogens with zero attached hydrogens (tertiary/aromatic N) is 2. The summed E-state index contributed by atoms with van der Waals surface area (Å²) < 4.78 is 4.82. The summed E-state index contributed by atoms with van der Waals surface area (Å²) in [5.41, 5.74) is 0. The Morgan fingerprint density at radius 3 is 2.92 bits per heavy atom. The highest BCUT2D eigenvalue weighted by Gasteiger charge is 2.26. The lowest BCUT2D eigenvalue weighted by atomic mass is 9.89. The molecular formula is C8H13N3O2. The lowest BCUT2D eigenvalue weighted by Gasteiger charge is -2.31. The molecule has 13 heavy (non-hydrogen) atoms. The topological polar surface area (TPSA) is 71.2 Å². The van der Waals surface area contributed by atoms with Gasteiger partial charge in [-0.25, -0.2) is 0 Å². The van der Waals surface area contributed by atoms with Gasteiger partial charge in [0.1, 0.15) is 0 Å². The van der Waals surface area contributed by atoms with Crippen molar-refractivity contribution in [3.63, 3.8) is 0 Å². The summed E-state index contributed by atoms with van der Waals surface area (Å²) in [4.78, 5) is 4.06. The van der Waals surface area contributed by atoms with Crippen LogP contribution in [0.2, 0.25) is 0 Å². The maximum Gasteiger partial charge on any atom is 0.223 e. The number of hydrogen-bond acceptors (Lipinski definition) is 5. The molecule has 0 radical (unpaired) electrons. The SMILES string of the molecule is Cc1nc(CNC2CC(O)C2)no1. The highest BCUT2D eigenvalue weighted by molar-refractivity contribution is 4.88. The normalized spacial score (nSPS) is 27.2. The number of aliphatic hydroxyl groups excluding tert-OH is 1. The van der Waals surface area contributed by atoms with Crippen molar-refractivity contribution < 1.29 is 9.63 Å². The fourth-order valence-electron chi connectivity index (χ4n) is 1.40. The second-order valence-corrected chi connectivity index (χ2v) is 3.43. The Morgan fingerprint density at radius 1 is 1.62 bits per heavy atom. The van der Waals surface area contributed by atoms with Gasteiger partial charge in [-0.1, -0.05) is 5.16 Å². The monoisotopic (exact) mass is 183 g/mol. The van der Waals surface area contributed by atoms with Gasteiger partial charge in [-0.3, -0.25) is 0 Å². The molecule has 5 heteroatoms. The number of rotatable bonds is 3. The number of aliphatic hydroxyl groups is 1. The predicted octanol–water partition coefficient (Wildman–Crippen LogP) is -0.00908. The Balaban J connectivity index is 1.74. The second kappa shape index (κ2) is 3.43. The van der Waals surface area contributed by atoms with Gasteiger partial charge in [0.2, 0.25) is 5.89 Å². The van der Waals surface area contributed by atoms with Crippen LogP contribution in [0, 0.1) is 6.92 Å². The average molecular weight is 183 g/mol. The van der Waals surface area contributed by atoms with Crippen LogP contribution < -0.4 is 5.32 Å². The Bertz CT molecular complexity index is 281. The van der Waals surface area contributed by atoms with Crippen molar-refractivity contribution in [1.29, 1.82) is 0 Å². The van der Waals surface area contributed by atoms with Crippen molar-refractivity contribution in [2.45, 2.75) is 38.5 Å². The molecule has 0 aliphatic heterocycles. The Morgan fingerprint density at radius 2 is 2.38 bits per heavy atom. The van der Waals surface area contributed by atoms with Crippen molar-refractivity contribution >= 4 is 0 Å². The molecule has 1 aliphatic rings. The van der Waals surface area contributed by atoms with Crippen LogP contribution in [-0.4, -0.2) is 27.4 Å². The molecule has 0 unspecified atom stereocenters. The number of hydrogen-bond donors (Lipinski definition) is 2. The first kappa shape index (κ1) is 8.65. The van der Waals surface area contributed by atoms with Crippen LogP contribution in [0.25, 0.3) is 0 Å². The minimum atomic E-state index is -0.121. The molecule has 0 atom stereocenters. The molecule has 1 aromatic heterocycles. The summed E-state index contributed by atoms with van der Waals surface area (Å²) in [5.74, 6) is 1.27. The van der Waals surface area contributed by atoms with E-state index in [0.29, 0.717) is 24.3 Å². The van der Waals surface area contributed by atoms with E-state index < -0.39 is 0 Å². The number of aromatic nitrogens is 2. The van der Waals surface area contributed by atoms with Crippen LogP contribution in [0.5, 0.6) is 0 Å². The van der Waals surface area contributed by atoms with E-state index in [-0.39, 0.29) is 6.10 Å². The molecule has 0 amide bonds. The molecule has 2 N–H and O–H groups in total. The zero-order chi connectivity index (χ0) is 9.26. The quantitative estimate of drug-likeness (QED) is 0.689. The molecule has 0 saturated heterocycles. The molecule has 0 spiro atoms. The summed E-state index contributed by atoms with van der Waals surface area (Å²) in [6.45, 7) is 2.39. The van der Waals surface area contributed by atoms with Crippen LogP contribution in [0.4, 0.5) is 0 Å². The zero-order valence-electron chi connectivity index (χ0n) is 7.53. The first-order valence-electron chi connectivity index (χ1n) is 4.44. The summed E-state index contributed by atoms with van der Waals surface area (Å²) in [6, 6.07) is 0.411. The van der Waals surface area contributed by atoms with Gasteiger partial charge in [-0.15, -0.1) is 0 Å². The maximum atomic E-state index is 9.03. The third kappa shape index (κ3) is 2.05. The molecule has 0 bridgehead atoms. The molecule has 0 aromatic carbocycles. The van der Waals surface area contributed by atoms with Crippen molar-refractivity contribution in [2.75, 3.05) is 0 Å². The molecule has 1 aliphatic carbocycles. The number of nitrogens with one attached hydrogen (secondary N) is 1. The molecule has 72 valence electrons. The van der Waals surface area contributed by atoms with Gasteiger partial charge < -0.3 is 14.9 Å². The molecule has 1 saturated carbocycles. The van der Waals surface area contributed by atoms with Gasteiger partial charge in [-0.2, -0.15) is 4.98 Å². The van der Waals surface area contributed by atoms with Crippen molar-refractivity contribution in [3.05, 3.63) is 11.7 Å². The van der Waals surface area contributed by atoms with E-state index in [1.165, 1.54) is 0 Å². The van der Waals surface area contributed by atoms with Crippen LogP contribution in [0.15, 0.2) is 4.52 Å². The van der Waals surface area contributed by atoms with Gasteiger partial charge in [0, 0.05) is 13.0 Å². The first-order chi connectivity index (χ1) is 6.24. The summed E-state index contributed by atoms with van der Waals surface area (Å²) >= 11 is 0. The van der Waals surface area contributed by atoms with Crippen molar-refractivity contribution in [1.82, 2.24) is 15.5 Å².